The number of hydrogen-bond acceptors (Lipinski definition) is 3. The van der Waals surface area contributed by atoms with Gasteiger partial charge in [0, 0.05) is 32.6 Å². The summed E-state index contributed by atoms with van der Waals surface area (Å²) < 4.78 is 0. The van der Waals surface area contributed by atoms with Gasteiger partial charge in [-0.15, -0.1) is 0 Å². The minimum absolute atomic E-state index is 0.135. The van der Waals surface area contributed by atoms with Crippen molar-refractivity contribution in [3.05, 3.63) is 35.9 Å². The van der Waals surface area contributed by atoms with Gasteiger partial charge in [0.25, 0.3) is 0 Å². The van der Waals surface area contributed by atoms with Gasteiger partial charge in [-0.2, -0.15) is 0 Å². The van der Waals surface area contributed by atoms with Gasteiger partial charge in [-0.3, -0.25) is 14.5 Å². The van der Waals surface area contributed by atoms with Crippen LogP contribution in [0.15, 0.2) is 30.3 Å². The summed E-state index contributed by atoms with van der Waals surface area (Å²) in [6.07, 6.45) is 10.4. The molecule has 31 heavy (non-hydrogen) atoms. The Kier molecular flexibility index (Phi) is 4.79. The Morgan fingerprint density at radius 3 is 2.23 bits per heavy atom. The summed E-state index contributed by atoms with van der Waals surface area (Å²) in [6, 6.07) is 11.1. The molecular formula is C27H36N2O2. The van der Waals surface area contributed by atoms with Gasteiger partial charge in [0.15, 0.2) is 0 Å². The standard InChI is InChI=1S/C27H36N2O2/c30-24(13-20-6-7-20)18-28-8-10-29(11-9-28)25(31)27-16-21-12-22(17-27)15-26(14-21,19-27)23-4-2-1-3-5-23/h1-5,20-22H,6-19H2. The minimum atomic E-state index is -0.135. The average molecular weight is 421 g/mol. The fourth-order valence-corrected chi connectivity index (χ4v) is 8.04. The molecule has 0 radical (unpaired) electrons. The van der Waals surface area contributed by atoms with Crippen LogP contribution in [0.2, 0.25) is 0 Å². The first-order chi connectivity index (χ1) is 15.0. The number of carbonyl (C=O) groups is 2. The predicted molar refractivity (Wildman–Crippen MR) is 121 cm³/mol. The molecule has 166 valence electrons. The molecule has 1 aliphatic heterocycles. The largest absolute Gasteiger partial charge is 0.340 e. The van der Waals surface area contributed by atoms with E-state index >= 15 is 0 Å². The molecule has 0 N–H and O–H groups in total. The summed E-state index contributed by atoms with van der Waals surface area (Å²) in [4.78, 5) is 30.6. The van der Waals surface area contributed by atoms with Gasteiger partial charge in [-0.05, 0) is 80.1 Å². The Hall–Kier alpha value is -1.68. The van der Waals surface area contributed by atoms with Crippen LogP contribution in [-0.4, -0.2) is 54.2 Å². The molecular weight excluding hydrogens is 384 g/mol. The van der Waals surface area contributed by atoms with E-state index in [-0.39, 0.29) is 10.8 Å². The summed E-state index contributed by atoms with van der Waals surface area (Å²) in [5, 5.41) is 0. The second-order valence-corrected chi connectivity index (χ2v) is 11.6. The Labute approximate surface area is 186 Å². The minimum Gasteiger partial charge on any atom is -0.340 e. The zero-order valence-electron chi connectivity index (χ0n) is 18.7. The van der Waals surface area contributed by atoms with E-state index in [2.05, 4.69) is 40.1 Å². The first kappa shape index (κ1) is 20.0. The van der Waals surface area contributed by atoms with Gasteiger partial charge in [-0.1, -0.05) is 30.3 Å². The third-order valence-corrected chi connectivity index (χ3v) is 9.17. The summed E-state index contributed by atoms with van der Waals surface area (Å²) in [5.74, 6) is 2.93. The average Bonchev–Trinajstić information content (AvgIpc) is 3.57. The number of amides is 1. The summed E-state index contributed by atoms with van der Waals surface area (Å²) in [5.41, 5.74) is 1.56. The highest BCUT2D eigenvalue weighted by Gasteiger charge is 2.61. The van der Waals surface area contributed by atoms with Crippen LogP contribution in [0.5, 0.6) is 0 Å². The highest BCUT2D eigenvalue weighted by molar-refractivity contribution is 5.84. The van der Waals surface area contributed by atoms with Crippen LogP contribution in [0.1, 0.15) is 63.4 Å². The number of rotatable bonds is 6. The maximum Gasteiger partial charge on any atom is 0.228 e. The van der Waals surface area contributed by atoms with E-state index in [1.165, 1.54) is 37.7 Å². The third kappa shape index (κ3) is 3.65. The van der Waals surface area contributed by atoms with Gasteiger partial charge in [0.1, 0.15) is 5.78 Å². The van der Waals surface area contributed by atoms with E-state index in [4.69, 9.17) is 0 Å². The van der Waals surface area contributed by atoms with Crippen molar-refractivity contribution in [3.63, 3.8) is 0 Å². The van der Waals surface area contributed by atoms with Crippen LogP contribution in [-0.2, 0) is 15.0 Å². The molecule has 1 heterocycles. The molecule has 6 fully saturated rings. The number of benzene rings is 1. The molecule has 5 saturated carbocycles. The molecule has 4 nitrogen and oxygen atoms in total. The van der Waals surface area contributed by atoms with Crippen molar-refractivity contribution in [2.24, 2.45) is 23.2 Å². The first-order valence-corrected chi connectivity index (χ1v) is 12.6. The van der Waals surface area contributed by atoms with Crippen LogP contribution in [0.25, 0.3) is 0 Å². The highest BCUT2D eigenvalue weighted by atomic mass is 16.2. The molecule has 7 rings (SSSR count). The summed E-state index contributed by atoms with van der Waals surface area (Å²) >= 11 is 0. The van der Waals surface area contributed by atoms with Crippen LogP contribution < -0.4 is 0 Å². The Morgan fingerprint density at radius 2 is 1.58 bits per heavy atom. The van der Waals surface area contributed by atoms with Gasteiger partial charge < -0.3 is 4.90 Å². The lowest BCUT2D eigenvalue weighted by Gasteiger charge is -2.62. The fourth-order valence-electron chi connectivity index (χ4n) is 8.04. The third-order valence-electron chi connectivity index (χ3n) is 9.17. The van der Waals surface area contributed by atoms with Crippen molar-refractivity contribution < 1.29 is 9.59 Å². The maximum absolute atomic E-state index is 13.9. The number of piperazine rings is 1. The van der Waals surface area contributed by atoms with E-state index in [9.17, 15) is 9.59 Å². The Bertz CT molecular complexity index is 839. The van der Waals surface area contributed by atoms with E-state index in [0.717, 1.165) is 51.9 Å². The van der Waals surface area contributed by atoms with Crippen molar-refractivity contribution in [1.82, 2.24) is 9.80 Å². The van der Waals surface area contributed by atoms with E-state index in [0.29, 0.717) is 36.0 Å². The second kappa shape index (κ2) is 7.43. The topological polar surface area (TPSA) is 40.6 Å². The van der Waals surface area contributed by atoms with E-state index < -0.39 is 0 Å². The van der Waals surface area contributed by atoms with Crippen LogP contribution in [0.4, 0.5) is 0 Å². The van der Waals surface area contributed by atoms with Crippen molar-refractivity contribution in [3.8, 4) is 0 Å². The molecule has 2 unspecified atom stereocenters. The van der Waals surface area contributed by atoms with Gasteiger partial charge in [0.2, 0.25) is 5.91 Å². The molecule has 0 spiro atoms. The monoisotopic (exact) mass is 420 g/mol. The van der Waals surface area contributed by atoms with Gasteiger partial charge in [-0.25, -0.2) is 0 Å². The number of nitrogens with zero attached hydrogens (tertiary/aromatic N) is 2. The lowest BCUT2D eigenvalue weighted by atomic mass is 9.42. The van der Waals surface area contributed by atoms with Gasteiger partial charge >= 0.3 is 0 Å². The van der Waals surface area contributed by atoms with Crippen molar-refractivity contribution in [2.45, 2.75) is 63.2 Å². The quantitative estimate of drug-likeness (QED) is 0.697. The first-order valence-electron chi connectivity index (χ1n) is 12.6. The van der Waals surface area contributed by atoms with Crippen LogP contribution in [0, 0.1) is 23.2 Å². The van der Waals surface area contributed by atoms with E-state index in [1.54, 1.807) is 0 Å². The van der Waals surface area contributed by atoms with Crippen LogP contribution >= 0.6 is 0 Å². The highest BCUT2D eigenvalue weighted by Crippen LogP contribution is 2.66. The molecule has 4 bridgehead atoms. The number of carbonyl (C=O) groups excluding carboxylic acids is 2. The van der Waals surface area contributed by atoms with Crippen molar-refractivity contribution in [1.29, 1.82) is 0 Å². The summed E-state index contributed by atoms with van der Waals surface area (Å²) in [6.45, 7) is 3.89. The predicted octanol–water partition coefficient (Wildman–Crippen LogP) is 4.04. The summed E-state index contributed by atoms with van der Waals surface area (Å²) in [7, 11) is 0. The fraction of sp³-hybridized carbons (Fsp3) is 0.704. The molecule has 6 aliphatic rings. The Balaban J connectivity index is 1.14. The number of Topliss-reactive ketones (excluding diaryl/α,β-unsaturated/α-hetero) is 1. The molecule has 0 aromatic heterocycles. The maximum atomic E-state index is 13.9. The number of hydrogen-bond donors (Lipinski definition) is 0. The molecule has 1 aromatic rings. The van der Waals surface area contributed by atoms with Gasteiger partial charge in [0.05, 0.1) is 12.0 Å². The Morgan fingerprint density at radius 1 is 0.903 bits per heavy atom. The van der Waals surface area contributed by atoms with E-state index in [1.807, 2.05) is 0 Å². The van der Waals surface area contributed by atoms with Crippen molar-refractivity contribution >= 4 is 11.7 Å². The van der Waals surface area contributed by atoms with Crippen LogP contribution in [0.3, 0.4) is 0 Å². The lowest BCUT2D eigenvalue weighted by Crippen LogP contribution is -2.61. The zero-order chi connectivity index (χ0) is 21.1. The smallest absolute Gasteiger partial charge is 0.228 e. The molecule has 2 atom stereocenters. The lowest BCUT2D eigenvalue weighted by molar-refractivity contribution is -0.162. The molecule has 1 amide bonds. The molecule has 5 aliphatic carbocycles. The molecule has 1 aromatic carbocycles. The molecule has 4 heteroatoms. The number of ketones is 1. The second-order valence-electron chi connectivity index (χ2n) is 11.6. The molecule has 1 saturated heterocycles. The van der Waals surface area contributed by atoms with Crippen molar-refractivity contribution in [2.75, 3.05) is 32.7 Å². The normalized spacial score (nSPS) is 37.2. The zero-order valence-corrected chi connectivity index (χ0v) is 18.7. The SMILES string of the molecule is O=C(CC1CC1)CN1CCN(C(=O)C23CC4CC(C2)CC(c2ccccc2)(C4)C3)CC1.